The zero-order valence-corrected chi connectivity index (χ0v) is 6.48. The summed E-state index contributed by atoms with van der Waals surface area (Å²) in [5.74, 6) is 0. The molecule has 2 nitrogen and oxygen atoms in total. The predicted molar refractivity (Wildman–Crippen MR) is 37.5 cm³/mol. The summed E-state index contributed by atoms with van der Waals surface area (Å²) < 4.78 is 5.26. The van der Waals surface area contributed by atoms with Gasteiger partial charge in [-0.05, 0) is 13.5 Å². The van der Waals surface area contributed by atoms with Gasteiger partial charge in [-0.3, -0.25) is 4.90 Å². The first-order valence-corrected chi connectivity index (χ1v) is 3.48. The lowest BCUT2D eigenvalue weighted by Crippen LogP contribution is -2.60. The Morgan fingerprint density at radius 3 is 2.44 bits per heavy atom. The minimum absolute atomic E-state index is 0.163. The van der Waals surface area contributed by atoms with Crippen molar-refractivity contribution in [1.29, 1.82) is 0 Å². The van der Waals surface area contributed by atoms with Gasteiger partial charge < -0.3 is 4.74 Å². The number of hydrogen-bond donors (Lipinski definition) is 0. The van der Waals surface area contributed by atoms with E-state index in [2.05, 4.69) is 18.7 Å². The summed E-state index contributed by atoms with van der Waals surface area (Å²) in [6, 6.07) is 0. The molecule has 0 saturated carbocycles. The lowest BCUT2D eigenvalue weighted by molar-refractivity contribution is -0.108. The van der Waals surface area contributed by atoms with E-state index in [1.165, 1.54) is 0 Å². The molecule has 0 unspecified atom stereocenters. The molecular weight excluding hydrogens is 114 g/mol. The SMILES string of the molecule is CCN1CC(C)(OC)C1. The summed E-state index contributed by atoms with van der Waals surface area (Å²) in [6.45, 7) is 7.67. The molecule has 2 heteroatoms. The van der Waals surface area contributed by atoms with Gasteiger partial charge in [0.15, 0.2) is 0 Å². The Morgan fingerprint density at radius 1 is 1.56 bits per heavy atom. The van der Waals surface area contributed by atoms with Crippen LogP contribution < -0.4 is 0 Å². The van der Waals surface area contributed by atoms with Gasteiger partial charge in [-0.15, -0.1) is 0 Å². The van der Waals surface area contributed by atoms with Crippen molar-refractivity contribution in [3.8, 4) is 0 Å². The quantitative estimate of drug-likeness (QED) is 0.545. The van der Waals surface area contributed by atoms with Gasteiger partial charge in [-0.25, -0.2) is 0 Å². The maximum absolute atomic E-state index is 5.26. The minimum atomic E-state index is 0.163. The van der Waals surface area contributed by atoms with Crippen LogP contribution in [0.15, 0.2) is 0 Å². The predicted octanol–water partition coefficient (Wildman–Crippen LogP) is 0.727. The van der Waals surface area contributed by atoms with Crippen LogP contribution >= 0.6 is 0 Å². The van der Waals surface area contributed by atoms with Gasteiger partial charge in [-0.1, -0.05) is 6.92 Å². The Labute approximate surface area is 56.8 Å². The average molecular weight is 129 g/mol. The molecule has 0 aromatic rings. The van der Waals surface area contributed by atoms with Crippen molar-refractivity contribution in [3.63, 3.8) is 0 Å². The molecule has 0 aromatic heterocycles. The normalized spacial score (nSPS) is 25.7. The highest BCUT2D eigenvalue weighted by Crippen LogP contribution is 2.22. The van der Waals surface area contributed by atoms with Gasteiger partial charge in [0.1, 0.15) is 0 Å². The molecule has 0 N–H and O–H groups in total. The highest BCUT2D eigenvalue weighted by molar-refractivity contribution is 4.92. The average Bonchev–Trinajstić information content (AvgIpc) is 1.81. The lowest BCUT2D eigenvalue weighted by Gasteiger charge is -2.46. The molecule has 0 spiro atoms. The van der Waals surface area contributed by atoms with Crippen LogP contribution in [0.4, 0.5) is 0 Å². The minimum Gasteiger partial charge on any atom is -0.376 e. The molecule has 1 fully saturated rings. The Kier molecular flexibility index (Phi) is 1.78. The molecule has 1 rings (SSSR count). The fourth-order valence-electron chi connectivity index (χ4n) is 1.25. The molecule has 1 aliphatic heterocycles. The molecule has 1 aliphatic rings. The number of likely N-dealkylation sites (tertiary alicyclic amines) is 1. The smallest absolute Gasteiger partial charge is 0.0903 e. The van der Waals surface area contributed by atoms with E-state index in [1.807, 2.05) is 0 Å². The van der Waals surface area contributed by atoms with Crippen LogP contribution in [-0.2, 0) is 4.74 Å². The molecule has 1 heterocycles. The van der Waals surface area contributed by atoms with Crippen molar-refractivity contribution < 1.29 is 4.74 Å². The molecule has 0 amide bonds. The molecule has 0 atom stereocenters. The maximum Gasteiger partial charge on any atom is 0.0903 e. The first-order chi connectivity index (χ1) is 4.20. The van der Waals surface area contributed by atoms with Gasteiger partial charge in [0.05, 0.1) is 5.60 Å². The lowest BCUT2D eigenvalue weighted by atomic mass is 9.97. The summed E-state index contributed by atoms with van der Waals surface area (Å²) in [5, 5.41) is 0. The Morgan fingerprint density at radius 2 is 2.11 bits per heavy atom. The molecule has 0 radical (unpaired) electrons. The third-order valence-corrected chi connectivity index (χ3v) is 2.06. The Hall–Kier alpha value is -0.0800. The van der Waals surface area contributed by atoms with Crippen LogP contribution in [0, 0.1) is 0 Å². The molecule has 0 bridgehead atoms. The van der Waals surface area contributed by atoms with E-state index in [9.17, 15) is 0 Å². The van der Waals surface area contributed by atoms with E-state index in [0.29, 0.717) is 0 Å². The number of hydrogen-bond acceptors (Lipinski definition) is 2. The first kappa shape index (κ1) is 7.03. The van der Waals surface area contributed by atoms with E-state index in [0.717, 1.165) is 19.6 Å². The van der Waals surface area contributed by atoms with Gasteiger partial charge >= 0.3 is 0 Å². The molecule has 0 aliphatic carbocycles. The molecule has 9 heavy (non-hydrogen) atoms. The van der Waals surface area contributed by atoms with Gasteiger partial charge in [0, 0.05) is 20.2 Å². The van der Waals surface area contributed by atoms with Crippen molar-refractivity contribution >= 4 is 0 Å². The monoisotopic (exact) mass is 129 g/mol. The van der Waals surface area contributed by atoms with Crippen LogP contribution in [0.1, 0.15) is 13.8 Å². The number of ether oxygens (including phenoxy) is 1. The van der Waals surface area contributed by atoms with Crippen molar-refractivity contribution in [2.24, 2.45) is 0 Å². The zero-order valence-electron chi connectivity index (χ0n) is 6.48. The van der Waals surface area contributed by atoms with E-state index in [-0.39, 0.29) is 5.60 Å². The molecule has 1 saturated heterocycles. The van der Waals surface area contributed by atoms with Crippen LogP contribution in [0.25, 0.3) is 0 Å². The standard InChI is InChI=1S/C7H15NO/c1-4-8-5-7(2,6-8)9-3/h4-6H2,1-3H3. The van der Waals surface area contributed by atoms with Crippen LogP contribution in [0.3, 0.4) is 0 Å². The third-order valence-electron chi connectivity index (χ3n) is 2.06. The van der Waals surface area contributed by atoms with Gasteiger partial charge in [0.25, 0.3) is 0 Å². The maximum atomic E-state index is 5.26. The second-order valence-electron chi connectivity index (χ2n) is 2.96. The van der Waals surface area contributed by atoms with E-state index in [4.69, 9.17) is 4.74 Å². The fraction of sp³-hybridized carbons (Fsp3) is 1.00. The summed E-state index contributed by atoms with van der Waals surface area (Å²) in [6.07, 6.45) is 0. The molecular formula is C7H15NO. The van der Waals surface area contributed by atoms with Gasteiger partial charge in [-0.2, -0.15) is 0 Å². The molecule has 0 aromatic carbocycles. The van der Waals surface area contributed by atoms with Crippen LogP contribution in [0.5, 0.6) is 0 Å². The summed E-state index contributed by atoms with van der Waals surface area (Å²) in [4.78, 5) is 2.36. The number of rotatable bonds is 2. The summed E-state index contributed by atoms with van der Waals surface area (Å²) >= 11 is 0. The first-order valence-electron chi connectivity index (χ1n) is 3.48. The topological polar surface area (TPSA) is 12.5 Å². The zero-order chi connectivity index (χ0) is 6.91. The van der Waals surface area contributed by atoms with Crippen LogP contribution in [-0.4, -0.2) is 37.2 Å². The van der Waals surface area contributed by atoms with Crippen molar-refractivity contribution in [3.05, 3.63) is 0 Å². The van der Waals surface area contributed by atoms with E-state index < -0.39 is 0 Å². The van der Waals surface area contributed by atoms with Gasteiger partial charge in [0.2, 0.25) is 0 Å². The summed E-state index contributed by atoms with van der Waals surface area (Å²) in [5.41, 5.74) is 0.163. The number of nitrogens with zero attached hydrogens (tertiary/aromatic N) is 1. The van der Waals surface area contributed by atoms with Crippen molar-refractivity contribution in [2.45, 2.75) is 19.4 Å². The third kappa shape index (κ3) is 1.25. The number of likely N-dealkylation sites (N-methyl/N-ethyl adjacent to an activating group) is 1. The molecule has 54 valence electrons. The highest BCUT2D eigenvalue weighted by Gasteiger charge is 2.37. The van der Waals surface area contributed by atoms with Crippen molar-refractivity contribution in [2.75, 3.05) is 26.7 Å². The van der Waals surface area contributed by atoms with Crippen molar-refractivity contribution in [1.82, 2.24) is 4.90 Å². The van der Waals surface area contributed by atoms with Crippen LogP contribution in [0.2, 0.25) is 0 Å². The summed E-state index contributed by atoms with van der Waals surface area (Å²) in [7, 11) is 1.78. The Balaban J connectivity index is 2.24. The second-order valence-corrected chi connectivity index (χ2v) is 2.96. The fourth-order valence-corrected chi connectivity index (χ4v) is 1.25. The highest BCUT2D eigenvalue weighted by atomic mass is 16.5. The second kappa shape index (κ2) is 2.27. The number of methoxy groups -OCH3 is 1. The largest absolute Gasteiger partial charge is 0.376 e. The van der Waals surface area contributed by atoms with E-state index in [1.54, 1.807) is 7.11 Å². The Bertz CT molecular complexity index is 97.1. The van der Waals surface area contributed by atoms with E-state index >= 15 is 0 Å².